The third-order valence-corrected chi connectivity index (χ3v) is 4.25. The van der Waals surface area contributed by atoms with Crippen molar-refractivity contribution in [2.24, 2.45) is 5.92 Å². The Labute approximate surface area is 146 Å². The van der Waals surface area contributed by atoms with Crippen LogP contribution in [0, 0.1) is 11.7 Å². The number of nitrogens with zero attached hydrogens (tertiary/aromatic N) is 1. The van der Waals surface area contributed by atoms with E-state index < -0.39 is 0 Å². The molecule has 0 saturated carbocycles. The van der Waals surface area contributed by atoms with Crippen LogP contribution < -0.4 is 15.4 Å². The average Bonchev–Trinajstić information content (AvgIpc) is 3.14. The maximum atomic E-state index is 12.9. The van der Waals surface area contributed by atoms with Crippen LogP contribution in [0.2, 0.25) is 0 Å². The Morgan fingerprint density at radius 1 is 1.28 bits per heavy atom. The van der Waals surface area contributed by atoms with Gasteiger partial charge in [0, 0.05) is 18.7 Å². The van der Waals surface area contributed by atoms with E-state index in [2.05, 4.69) is 15.6 Å². The zero-order valence-electron chi connectivity index (χ0n) is 14.0. The van der Waals surface area contributed by atoms with Crippen LogP contribution in [-0.4, -0.2) is 24.0 Å². The molecule has 1 unspecified atom stereocenters. The maximum absolute atomic E-state index is 12.9. The largest absolute Gasteiger partial charge is 0.457 e. The predicted molar refractivity (Wildman–Crippen MR) is 92.8 cm³/mol. The van der Waals surface area contributed by atoms with Crippen molar-refractivity contribution in [2.45, 2.75) is 25.8 Å². The van der Waals surface area contributed by atoms with Crippen LogP contribution in [0.5, 0.6) is 11.5 Å². The number of hydrogen-bond acceptors (Lipinski definition) is 4. The van der Waals surface area contributed by atoms with Gasteiger partial charge in [0.1, 0.15) is 17.3 Å². The molecule has 1 fully saturated rings. The Hall–Kier alpha value is -2.47. The molecule has 3 rings (SSSR count). The fraction of sp³-hybridized carbons (Fsp3) is 0.368. The van der Waals surface area contributed by atoms with Gasteiger partial charge >= 0.3 is 0 Å². The van der Waals surface area contributed by atoms with E-state index in [1.54, 1.807) is 30.5 Å². The zero-order chi connectivity index (χ0) is 17.5. The topological polar surface area (TPSA) is 63.2 Å². The number of ether oxygens (including phenoxy) is 1. The fourth-order valence-corrected chi connectivity index (χ4v) is 2.83. The molecule has 0 aliphatic carbocycles. The molecule has 1 saturated heterocycles. The number of amides is 1. The molecule has 2 N–H and O–H groups in total. The average molecular weight is 343 g/mol. The number of benzene rings is 1. The summed E-state index contributed by atoms with van der Waals surface area (Å²) >= 11 is 0. The first-order valence-electron chi connectivity index (χ1n) is 8.55. The van der Waals surface area contributed by atoms with Crippen molar-refractivity contribution in [3.05, 3.63) is 54.1 Å². The summed E-state index contributed by atoms with van der Waals surface area (Å²) in [7, 11) is 0. The lowest BCUT2D eigenvalue weighted by Gasteiger charge is -2.10. The molecule has 1 aliphatic rings. The molecule has 1 aliphatic heterocycles. The van der Waals surface area contributed by atoms with Gasteiger partial charge in [-0.2, -0.15) is 0 Å². The standard InChI is InChI=1S/C19H22FN3O2/c20-15-2-4-17(5-3-15)25-18-8-10-22-16(11-18)13-23-19(24)6-1-14-7-9-21-12-14/h2-5,8,10-11,14,21H,1,6-7,9,12-13H2,(H,23,24). The Balaban J connectivity index is 1.47. The van der Waals surface area contributed by atoms with E-state index in [9.17, 15) is 9.18 Å². The van der Waals surface area contributed by atoms with Crippen molar-refractivity contribution >= 4 is 5.91 Å². The van der Waals surface area contributed by atoms with Gasteiger partial charge < -0.3 is 15.4 Å². The SMILES string of the molecule is O=C(CCC1CCNC1)NCc1cc(Oc2ccc(F)cc2)ccn1. The van der Waals surface area contributed by atoms with Gasteiger partial charge in [-0.15, -0.1) is 0 Å². The van der Waals surface area contributed by atoms with Crippen molar-refractivity contribution in [3.63, 3.8) is 0 Å². The molecule has 6 heteroatoms. The van der Waals surface area contributed by atoms with E-state index in [1.165, 1.54) is 12.1 Å². The van der Waals surface area contributed by atoms with Crippen LogP contribution in [0.25, 0.3) is 0 Å². The van der Waals surface area contributed by atoms with Crippen molar-refractivity contribution < 1.29 is 13.9 Å². The summed E-state index contributed by atoms with van der Waals surface area (Å²) in [5.41, 5.74) is 0.718. The number of halogens is 1. The second-order valence-corrected chi connectivity index (χ2v) is 6.21. The van der Waals surface area contributed by atoms with Gasteiger partial charge in [0.05, 0.1) is 12.2 Å². The summed E-state index contributed by atoms with van der Waals surface area (Å²) < 4.78 is 18.6. The Morgan fingerprint density at radius 2 is 2.12 bits per heavy atom. The van der Waals surface area contributed by atoms with Crippen LogP contribution in [0.4, 0.5) is 4.39 Å². The minimum Gasteiger partial charge on any atom is -0.457 e. The first-order chi connectivity index (χ1) is 12.2. The summed E-state index contributed by atoms with van der Waals surface area (Å²) in [4.78, 5) is 16.2. The van der Waals surface area contributed by atoms with Crippen LogP contribution in [0.15, 0.2) is 42.6 Å². The van der Waals surface area contributed by atoms with E-state index in [0.29, 0.717) is 30.4 Å². The molecule has 2 aromatic rings. The van der Waals surface area contributed by atoms with Crippen LogP contribution in [0.1, 0.15) is 25.0 Å². The third kappa shape index (κ3) is 5.53. The lowest BCUT2D eigenvalue weighted by Crippen LogP contribution is -2.24. The molecule has 1 atom stereocenters. The zero-order valence-corrected chi connectivity index (χ0v) is 14.0. The molecule has 132 valence electrons. The van der Waals surface area contributed by atoms with E-state index in [-0.39, 0.29) is 11.7 Å². The fourth-order valence-electron chi connectivity index (χ4n) is 2.83. The molecule has 1 aromatic carbocycles. The van der Waals surface area contributed by atoms with E-state index in [1.807, 2.05) is 0 Å². The Kier molecular flexibility index (Phi) is 5.95. The highest BCUT2D eigenvalue weighted by Gasteiger charge is 2.15. The highest BCUT2D eigenvalue weighted by atomic mass is 19.1. The molecule has 1 amide bonds. The summed E-state index contributed by atoms with van der Waals surface area (Å²) in [6, 6.07) is 9.31. The van der Waals surface area contributed by atoms with Crippen molar-refractivity contribution in [2.75, 3.05) is 13.1 Å². The third-order valence-electron chi connectivity index (χ3n) is 4.25. The van der Waals surface area contributed by atoms with Gasteiger partial charge in [-0.1, -0.05) is 0 Å². The van der Waals surface area contributed by atoms with E-state index >= 15 is 0 Å². The van der Waals surface area contributed by atoms with Gasteiger partial charge in [0.2, 0.25) is 5.91 Å². The van der Waals surface area contributed by atoms with E-state index in [0.717, 1.165) is 31.6 Å². The molecule has 25 heavy (non-hydrogen) atoms. The first kappa shape index (κ1) is 17.4. The van der Waals surface area contributed by atoms with E-state index in [4.69, 9.17) is 4.74 Å². The van der Waals surface area contributed by atoms with Gasteiger partial charge in [0.25, 0.3) is 0 Å². The number of aromatic nitrogens is 1. The molecule has 0 radical (unpaired) electrons. The quantitative estimate of drug-likeness (QED) is 0.811. The van der Waals surface area contributed by atoms with Gasteiger partial charge in [-0.3, -0.25) is 9.78 Å². The molecule has 0 spiro atoms. The molecular weight excluding hydrogens is 321 g/mol. The number of rotatable bonds is 7. The maximum Gasteiger partial charge on any atom is 0.220 e. The highest BCUT2D eigenvalue weighted by Crippen LogP contribution is 2.21. The minimum absolute atomic E-state index is 0.0403. The smallest absolute Gasteiger partial charge is 0.220 e. The van der Waals surface area contributed by atoms with Gasteiger partial charge in [0.15, 0.2) is 0 Å². The summed E-state index contributed by atoms with van der Waals surface area (Å²) in [6.45, 7) is 2.43. The molecule has 1 aromatic heterocycles. The second kappa shape index (κ2) is 8.58. The molecule has 2 heterocycles. The lowest BCUT2D eigenvalue weighted by molar-refractivity contribution is -0.121. The van der Waals surface area contributed by atoms with Crippen LogP contribution >= 0.6 is 0 Å². The monoisotopic (exact) mass is 343 g/mol. The predicted octanol–water partition coefficient (Wildman–Crippen LogP) is 3.02. The highest BCUT2D eigenvalue weighted by molar-refractivity contribution is 5.75. The van der Waals surface area contributed by atoms with Crippen LogP contribution in [-0.2, 0) is 11.3 Å². The molecule has 5 nitrogen and oxygen atoms in total. The number of carbonyl (C=O) groups excluding carboxylic acids is 1. The second-order valence-electron chi connectivity index (χ2n) is 6.21. The van der Waals surface area contributed by atoms with Crippen molar-refractivity contribution in [1.82, 2.24) is 15.6 Å². The summed E-state index contributed by atoms with van der Waals surface area (Å²) in [5, 5.41) is 6.20. The molecular formula is C19H22FN3O2. The van der Waals surface area contributed by atoms with Crippen molar-refractivity contribution in [1.29, 1.82) is 0 Å². The van der Waals surface area contributed by atoms with Gasteiger partial charge in [-0.05, 0) is 62.2 Å². The lowest BCUT2D eigenvalue weighted by atomic mass is 10.0. The summed E-state index contributed by atoms with van der Waals surface area (Å²) in [6.07, 6.45) is 4.24. The minimum atomic E-state index is -0.307. The summed E-state index contributed by atoms with van der Waals surface area (Å²) in [5.74, 6) is 1.49. The Bertz CT molecular complexity index is 700. The first-order valence-corrected chi connectivity index (χ1v) is 8.55. The van der Waals surface area contributed by atoms with Crippen molar-refractivity contribution in [3.8, 4) is 11.5 Å². The number of nitrogens with one attached hydrogen (secondary N) is 2. The van der Waals surface area contributed by atoms with Gasteiger partial charge in [-0.25, -0.2) is 4.39 Å². The van der Waals surface area contributed by atoms with Crippen LogP contribution in [0.3, 0.4) is 0 Å². The number of hydrogen-bond donors (Lipinski definition) is 2. The normalized spacial score (nSPS) is 16.6. The number of pyridine rings is 1. The number of carbonyl (C=O) groups is 1. The Morgan fingerprint density at radius 3 is 2.88 bits per heavy atom. The molecule has 0 bridgehead atoms.